The first-order valence-corrected chi connectivity index (χ1v) is 9.45. The fraction of sp³-hybridized carbons (Fsp3) is 0.304. The first-order chi connectivity index (χ1) is 12.8. The molecule has 3 aromatic rings. The summed E-state index contributed by atoms with van der Waals surface area (Å²) in [6.45, 7) is 3.32. The molecule has 2 aromatic carbocycles. The first-order valence-electron chi connectivity index (χ1n) is 9.45. The van der Waals surface area contributed by atoms with Gasteiger partial charge in [0.15, 0.2) is 0 Å². The molecule has 3 heteroatoms. The summed E-state index contributed by atoms with van der Waals surface area (Å²) in [6.07, 6.45) is 7.74. The predicted octanol–water partition coefficient (Wildman–Crippen LogP) is 4.90. The molecule has 4 rings (SSSR count). The topological polar surface area (TPSA) is 28.3 Å². The molecule has 2 heterocycles. The number of nitrogens with one attached hydrogen (secondary N) is 1. The maximum absolute atomic E-state index is 5.59. The van der Waals surface area contributed by atoms with Gasteiger partial charge in [-0.2, -0.15) is 0 Å². The molecule has 3 nitrogen and oxygen atoms in total. The van der Waals surface area contributed by atoms with E-state index in [-0.39, 0.29) is 0 Å². The third-order valence-corrected chi connectivity index (χ3v) is 5.36. The number of hydrogen-bond acceptors (Lipinski definition) is 2. The predicted molar refractivity (Wildman–Crippen MR) is 109 cm³/mol. The van der Waals surface area contributed by atoms with Gasteiger partial charge in [0.1, 0.15) is 5.75 Å². The zero-order chi connectivity index (χ0) is 17.8. The van der Waals surface area contributed by atoms with Crippen molar-refractivity contribution >= 4 is 16.5 Å². The molecule has 0 saturated heterocycles. The average molecular weight is 346 g/mol. The number of H-pyrrole nitrogens is 1. The molecule has 0 radical (unpaired) electrons. The van der Waals surface area contributed by atoms with Crippen molar-refractivity contribution in [3.05, 3.63) is 71.9 Å². The number of fused-ring (bicyclic) bond motifs is 1. The highest BCUT2D eigenvalue weighted by Crippen LogP contribution is 2.29. The van der Waals surface area contributed by atoms with Crippen LogP contribution < -0.4 is 4.74 Å². The molecule has 1 N–H and O–H groups in total. The van der Waals surface area contributed by atoms with E-state index in [1.165, 1.54) is 27.6 Å². The van der Waals surface area contributed by atoms with Crippen LogP contribution in [0.2, 0.25) is 0 Å². The Labute approximate surface area is 155 Å². The summed E-state index contributed by atoms with van der Waals surface area (Å²) in [4.78, 5) is 5.85. The van der Waals surface area contributed by atoms with Crippen molar-refractivity contribution in [2.45, 2.75) is 19.3 Å². The minimum atomic E-state index is 1.00. The quantitative estimate of drug-likeness (QED) is 0.688. The monoisotopic (exact) mass is 346 g/mol. The van der Waals surface area contributed by atoms with Crippen molar-refractivity contribution in [3.63, 3.8) is 0 Å². The molecule has 0 bridgehead atoms. The van der Waals surface area contributed by atoms with Crippen LogP contribution in [0.15, 0.2) is 60.8 Å². The summed E-state index contributed by atoms with van der Waals surface area (Å²) in [5.74, 6) is 1.00. The number of methoxy groups -OCH3 is 1. The van der Waals surface area contributed by atoms with Crippen molar-refractivity contribution in [1.82, 2.24) is 9.88 Å². The zero-order valence-electron chi connectivity index (χ0n) is 15.4. The highest BCUT2D eigenvalue weighted by molar-refractivity contribution is 5.85. The molecule has 0 unspecified atom stereocenters. The Morgan fingerprint density at radius 3 is 2.73 bits per heavy atom. The van der Waals surface area contributed by atoms with Crippen molar-refractivity contribution in [1.29, 1.82) is 0 Å². The molecule has 0 spiro atoms. The Bertz CT molecular complexity index is 895. The Morgan fingerprint density at radius 2 is 1.96 bits per heavy atom. The number of aromatic amines is 1. The maximum atomic E-state index is 5.59. The van der Waals surface area contributed by atoms with Crippen LogP contribution in [0.25, 0.3) is 16.5 Å². The minimum Gasteiger partial charge on any atom is -0.496 e. The van der Waals surface area contributed by atoms with Gasteiger partial charge in [-0.05, 0) is 55.1 Å². The molecular weight excluding hydrogens is 320 g/mol. The lowest BCUT2D eigenvalue weighted by molar-refractivity contribution is 0.297. The van der Waals surface area contributed by atoms with E-state index in [2.05, 4.69) is 64.5 Å². The lowest BCUT2D eigenvalue weighted by Crippen LogP contribution is -2.29. The molecule has 1 aromatic heterocycles. The van der Waals surface area contributed by atoms with Gasteiger partial charge in [-0.1, -0.05) is 36.4 Å². The number of nitrogens with zero attached hydrogens (tertiary/aromatic N) is 1. The van der Waals surface area contributed by atoms with Crippen LogP contribution in [-0.4, -0.2) is 36.6 Å². The fourth-order valence-electron chi connectivity index (χ4n) is 3.93. The Kier molecular flexibility index (Phi) is 5.07. The van der Waals surface area contributed by atoms with E-state index < -0.39 is 0 Å². The lowest BCUT2D eigenvalue weighted by atomic mass is 9.99. The third-order valence-electron chi connectivity index (χ3n) is 5.36. The lowest BCUT2D eigenvalue weighted by Gasteiger charge is -2.26. The van der Waals surface area contributed by atoms with Crippen LogP contribution in [0, 0.1) is 0 Å². The molecule has 0 fully saturated rings. The molecular formula is C23H26N2O. The van der Waals surface area contributed by atoms with Crippen LogP contribution in [0.3, 0.4) is 0 Å². The second-order valence-electron chi connectivity index (χ2n) is 6.93. The van der Waals surface area contributed by atoms with Crippen LogP contribution in [-0.2, 0) is 6.42 Å². The van der Waals surface area contributed by atoms with Gasteiger partial charge in [0.05, 0.1) is 7.11 Å². The fourth-order valence-corrected chi connectivity index (χ4v) is 3.93. The van der Waals surface area contributed by atoms with Crippen LogP contribution in [0.1, 0.15) is 24.0 Å². The number of rotatable bonds is 6. The van der Waals surface area contributed by atoms with Crippen molar-refractivity contribution < 1.29 is 4.74 Å². The summed E-state index contributed by atoms with van der Waals surface area (Å²) in [6, 6.07) is 17.1. The van der Waals surface area contributed by atoms with E-state index in [0.717, 1.165) is 44.6 Å². The van der Waals surface area contributed by atoms with Gasteiger partial charge in [-0.3, -0.25) is 4.90 Å². The van der Waals surface area contributed by atoms with Gasteiger partial charge < -0.3 is 9.72 Å². The highest BCUT2D eigenvalue weighted by atomic mass is 16.5. The van der Waals surface area contributed by atoms with Crippen LogP contribution >= 0.6 is 0 Å². The SMILES string of the molecule is COc1ccc2[nH]ccc2c1CCCN1CC=C(c2ccccc2)CC1. The summed E-state index contributed by atoms with van der Waals surface area (Å²) >= 11 is 0. The summed E-state index contributed by atoms with van der Waals surface area (Å²) in [5, 5.41) is 1.29. The summed E-state index contributed by atoms with van der Waals surface area (Å²) in [7, 11) is 1.76. The van der Waals surface area contributed by atoms with Gasteiger partial charge in [-0.15, -0.1) is 0 Å². The number of benzene rings is 2. The molecule has 0 aliphatic carbocycles. The van der Waals surface area contributed by atoms with E-state index >= 15 is 0 Å². The van der Waals surface area contributed by atoms with E-state index in [4.69, 9.17) is 4.74 Å². The molecule has 1 aliphatic rings. The van der Waals surface area contributed by atoms with E-state index in [0.29, 0.717) is 0 Å². The third kappa shape index (κ3) is 3.54. The standard InChI is InChI=1S/C23H26N2O/c1-26-23-10-9-22-20(11-14-24-22)21(23)8-5-15-25-16-12-19(13-17-25)18-6-3-2-4-7-18/h2-4,6-7,9-12,14,24H,5,8,13,15-17H2,1H3. The Morgan fingerprint density at radius 1 is 1.08 bits per heavy atom. The highest BCUT2D eigenvalue weighted by Gasteiger charge is 2.14. The molecule has 26 heavy (non-hydrogen) atoms. The van der Waals surface area contributed by atoms with E-state index in [9.17, 15) is 0 Å². The second kappa shape index (κ2) is 7.79. The van der Waals surface area contributed by atoms with Crippen molar-refractivity contribution in [3.8, 4) is 5.75 Å². The number of aryl methyl sites for hydroxylation is 1. The molecule has 0 atom stereocenters. The summed E-state index contributed by atoms with van der Waals surface area (Å²) in [5.41, 5.74) is 5.37. The van der Waals surface area contributed by atoms with Gasteiger partial charge in [0.2, 0.25) is 0 Å². The van der Waals surface area contributed by atoms with Crippen molar-refractivity contribution in [2.24, 2.45) is 0 Å². The van der Waals surface area contributed by atoms with Crippen molar-refractivity contribution in [2.75, 3.05) is 26.7 Å². The van der Waals surface area contributed by atoms with Gasteiger partial charge in [-0.25, -0.2) is 0 Å². The zero-order valence-corrected chi connectivity index (χ0v) is 15.4. The average Bonchev–Trinajstić information content (AvgIpc) is 3.18. The van der Waals surface area contributed by atoms with E-state index in [1.54, 1.807) is 7.11 Å². The molecule has 1 aliphatic heterocycles. The number of aromatic nitrogens is 1. The van der Waals surface area contributed by atoms with Crippen LogP contribution in [0.5, 0.6) is 5.75 Å². The number of hydrogen-bond donors (Lipinski definition) is 1. The van der Waals surface area contributed by atoms with E-state index in [1.807, 2.05) is 6.20 Å². The maximum Gasteiger partial charge on any atom is 0.122 e. The summed E-state index contributed by atoms with van der Waals surface area (Å²) < 4.78 is 5.59. The largest absolute Gasteiger partial charge is 0.496 e. The van der Waals surface area contributed by atoms with Gasteiger partial charge in [0, 0.05) is 35.8 Å². The normalized spacial score (nSPS) is 15.2. The van der Waals surface area contributed by atoms with Gasteiger partial charge >= 0.3 is 0 Å². The van der Waals surface area contributed by atoms with Gasteiger partial charge in [0.25, 0.3) is 0 Å². The smallest absolute Gasteiger partial charge is 0.122 e. The number of ether oxygens (including phenoxy) is 1. The molecule has 0 saturated carbocycles. The van der Waals surface area contributed by atoms with Crippen LogP contribution in [0.4, 0.5) is 0 Å². The molecule has 134 valence electrons. The second-order valence-corrected chi connectivity index (χ2v) is 6.93. The molecule has 0 amide bonds. The minimum absolute atomic E-state index is 1.00. The first kappa shape index (κ1) is 16.9. The Balaban J connectivity index is 1.36. The Hall–Kier alpha value is -2.52.